The maximum absolute atomic E-state index is 10.3. The van der Waals surface area contributed by atoms with Gasteiger partial charge in [-0.05, 0) is 41.6 Å². The van der Waals surface area contributed by atoms with Gasteiger partial charge < -0.3 is 0 Å². The summed E-state index contributed by atoms with van der Waals surface area (Å²) in [6, 6.07) is 13.8. The van der Waals surface area contributed by atoms with Gasteiger partial charge in [-0.15, -0.1) is 4.91 Å². The van der Waals surface area contributed by atoms with Gasteiger partial charge in [-0.1, -0.05) is 23.7 Å². The van der Waals surface area contributed by atoms with Gasteiger partial charge in [0.1, 0.15) is 5.69 Å². The van der Waals surface area contributed by atoms with Crippen molar-refractivity contribution in [2.75, 3.05) is 4.42 Å². The van der Waals surface area contributed by atoms with Crippen molar-refractivity contribution < 1.29 is 0 Å². The number of rotatable bonds is 3. The first-order valence-corrected chi connectivity index (χ1v) is 5.58. The highest BCUT2D eigenvalue weighted by atomic mass is 35.5. The van der Waals surface area contributed by atoms with Crippen molar-refractivity contribution >= 4 is 40.4 Å². The van der Waals surface area contributed by atoms with Gasteiger partial charge in [-0.3, -0.25) is 4.42 Å². The SMILES string of the molecule is O=Nc1ccc(N(Cl)c2ccccc2Cl)cc1. The molecule has 0 radical (unpaired) electrons. The van der Waals surface area contributed by atoms with E-state index in [4.69, 9.17) is 23.4 Å². The van der Waals surface area contributed by atoms with Crippen molar-refractivity contribution in [2.24, 2.45) is 5.18 Å². The molecule has 0 spiro atoms. The second-order valence-electron chi connectivity index (χ2n) is 3.34. The van der Waals surface area contributed by atoms with Crippen LogP contribution in [-0.2, 0) is 0 Å². The molecule has 0 heterocycles. The van der Waals surface area contributed by atoms with E-state index in [1.807, 2.05) is 12.1 Å². The number of benzene rings is 2. The van der Waals surface area contributed by atoms with Gasteiger partial charge in [0, 0.05) is 11.8 Å². The largest absolute Gasteiger partial charge is 0.252 e. The predicted molar refractivity (Wildman–Crippen MR) is 71.3 cm³/mol. The molecule has 0 aliphatic heterocycles. The van der Waals surface area contributed by atoms with E-state index in [1.165, 1.54) is 4.42 Å². The van der Waals surface area contributed by atoms with E-state index >= 15 is 0 Å². The van der Waals surface area contributed by atoms with Crippen LogP contribution in [0, 0.1) is 4.91 Å². The van der Waals surface area contributed by atoms with Crippen molar-refractivity contribution in [1.29, 1.82) is 0 Å². The number of para-hydroxylation sites is 1. The summed E-state index contributed by atoms with van der Waals surface area (Å²) in [7, 11) is 0. The fourth-order valence-corrected chi connectivity index (χ4v) is 1.92. The topological polar surface area (TPSA) is 32.7 Å². The molecule has 0 aromatic heterocycles. The average Bonchev–Trinajstić information content (AvgIpc) is 2.39. The lowest BCUT2D eigenvalue weighted by atomic mass is 10.2. The smallest absolute Gasteiger partial charge is 0.108 e. The third-order valence-corrected chi connectivity index (χ3v) is 2.94. The third kappa shape index (κ3) is 2.57. The van der Waals surface area contributed by atoms with Crippen molar-refractivity contribution in [3.05, 3.63) is 58.5 Å². The molecule has 17 heavy (non-hydrogen) atoms. The Morgan fingerprint density at radius 2 is 1.65 bits per heavy atom. The Morgan fingerprint density at radius 1 is 1.00 bits per heavy atom. The number of anilines is 2. The summed E-state index contributed by atoms with van der Waals surface area (Å²) in [4.78, 5) is 10.3. The van der Waals surface area contributed by atoms with Crippen molar-refractivity contribution in [1.82, 2.24) is 0 Å². The van der Waals surface area contributed by atoms with Crippen molar-refractivity contribution in [2.45, 2.75) is 0 Å². The molecule has 0 amide bonds. The second kappa shape index (κ2) is 5.17. The first kappa shape index (κ1) is 11.9. The molecule has 0 N–H and O–H groups in total. The van der Waals surface area contributed by atoms with Gasteiger partial charge in [0.2, 0.25) is 0 Å². The highest BCUT2D eigenvalue weighted by Crippen LogP contribution is 2.33. The third-order valence-electron chi connectivity index (χ3n) is 2.25. The molecule has 5 heteroatoms. The Kier molecular flexibility index (Phi) is 3.61. The van der Waals surface area contributed by atoms with Crippen molar-refractivity contribution in [3.63, 3.8) is 0 Å². The van der Waals surface area contributed by atoms with Crippen LogP contribution in [0.4, 0.5) is 17.1 Å². The average molecular weight is 267 g/mol. The Balaban J connectivity index is 2.33. The predicted octanol–water partition coefficient (Wildman–Crippen LogP) is 5.03. The molecule has 2 aromatic rings. The maximum atomic E-state index is 10.3. The Hall–Kier alpha value is -1.58. The van der Waals surface area contributed by atoms with Crippen LogP contribution in [0.3, 0.4) is 0 Å². The van der Waals surface area contributed by atoms with Crippen LogP contribution in [0.5, 0.6) is 0 Å². The van der Waals surface area contributed by atoms with Gasteiger partial charge in [-0.25, -0.2) is 0 Å². The molecule has 0 saturated carbocycles. The van der Waals surface area contributed by atoms with Crippen LogP contribution in [-0.4, -0.2) is 0 Å². The first-order valence-electron chi connectivity index (χ1n) is 4.86. The molecule has 0 fully saturated rings. The quantitative estimate of drug-likeness (QED) is 0.577. The molecule has 0 saturated heterocycles. The van der Waals surface area contributed by atoms with Gasteiger partial charge in [0.15, 0.2) is 0 Å². The standard InChI is InChI=1S/C12H8Cl2N2O/c13-11-3-1-2-4-12(11)16(14)10-7-5-9(15-17)6-8-10/h1-8H. The fourth-order valence-electron chi connectivity index (χ4n) is 1.39. The van der Waals surface area contributed by atoms with Crippen LogP contribution in [0.1, 0.15) is 0 Å². The van der Waals surface area contributed by atoms with Crippen LogP contribution >= 0.6 is 23.4 Å². The molecule has 0 aliphatic carbocycles. The molecule has 0 atom stereocenters. The van der Waals surface area contributed by atoms with E-state index in [-0.39, 0.29) is 0 Å². The number of nitroso groups, excluding NO2 is 1. The summed E-state index contributed by atoms with van der Waals surface area (Å²) in [5.41, 5.74) is 1.76. The zero-order valence-corrected chi connectivity index (χ0v) is 10.2. The monoisotopic (exact) mass is 266 g/mol. The highest BCUT2D eigenvalue weighted by molar-refractivity contribution is 6.37. The van der Waals surface area contributed by atoms with E-state index in [9.17, 15) is 4.91 Å². The normalized spacial score (nSPS) is 10.0. The molecule has 2 aromatic carbocycles. The van der Waals surface area contributed by atoms with Gasteiger partial charge in [0.05, 0.1) is 16.4 Å². The minimum Gasteiger partial charge on any atom is -0.252 e. The molecule has 0 bridgehead atoms. The Bertz CT molecular complexity index is 528. The minimum atomic E-state index is 0.359. The molecule has 0 aliphatic rings. The van der Waals surface area contributed by atoms with Gasteiger partial charge in [-0.2, -0.15) is 0 Å². The number of hydrogen-bond acceptors (Lipinski definition) is 3. The Morgan fingerprint density at radius 3 is 2.24 bits per heavy atom. The molecule has 3 nitrogen and oxygen atoms in total. The summed E-state index contributed by atoms with van der Waals surface area (Å²) in [5, 5.41) is 3.38. The first-order chi connectivity index (χ1) is 8.22. The van der Waals surface area contributed by atoms with Crippen LogP contribution in [0.15, 0.2) is 53.7 Å². The van der Waals surface area contributed by atoms with E-state index in [2.05, 4.69) is 5.18 Å². The summed E-state index contributed by atoms with van der Waals surface area (Å²) < 4.78 is 1.43. The zero-order valence-electron chi connectivity index (χ0n) is 8.68. The molecule has 86 valence electrons. The fraction of sp³-hybridized carbons (Fsp3) is 0. The summed E-state index contributed by atoms with van der Waals surface area (Å²) in [6.45, 7) is 0. The molecule has 2 rings (SSSR count). The Labute approximate surface area is 109 Å². The lowest BCUT2D eigenvalue weighted by molar-refractivity contribution is 1.40. The van der Waals surface area contributed by atoms with Gasteiger partial charge >= 0.3 is 0 Å². The van der Waals surface area contributed by atoms with Gasteiger partial charge in [0.25, 0.3) is 0 Å². The minimum absolute atomic E-state index is 0.359. The van der Waals surface area contributed by atoms with Crippen molar-refractivity contribution in [3.8, 4) is 0 Å². The van der Waals surface area contributed by atoms with E-state index < -0.39 is 0 Å². The van der Waals surface area contributed by atoms with Crippen LogP contribution in [0.2, 0.25) is 5.02 Å². The lowest BCUT2D eigenvalue weighted by Gasteiger charge is -2.16. The molecule has 0 unspecified atom stereocenters. The number of halogens is 2. The summed E-state index contributed by atoms with van der Waals surface area (Å²) in [6.07, 6.45) is 0. The summed E-state index contributed by atoms with van der Waals surface area (Å²) in [5.74, 6) is 0. The molecular weight excluding hydrogens is 259 g/mol. The maximum Gasteiger partial charge on any atom is 0.108 e. The lowest BCUT2D eigenvalue weighted by Crippen LogP contribution is -2.01. The second-order valence-corrected chi connectivity index (χ2v) is 4.09. The van der Waals surface area contributed by atoms with Crippen LogP contribution < -0.4 is 4.42 Å². The van der Waals surface area contributed by atoms with Crippen LogP contribution in [0.25, 0.3) is 0 Å². The highest BCUT2D eigenvalue weighted by Gasteiger charge is 2.09. The zero-order chi connectivity index (χ0) is 12.3. The van der Waals surface area contributed by atoms with E-state index in [0.29, 0.717) is 22.1 Å². The van der Waals surface area contributed by atoms with E-state index in [0.717, 1.165) is 0 Å². The molecular formula is C12H8Cl2N2O. The van der Waals surface area contributed by atoms with E-state index in [1.54, 1.807) is 36.4 Å². The number of nitrogens with zero attached hydrogens (tertiary/aromatic N) is 2. The number of hydrogen-bond donors (Lipinski definition) is 0. The summed E-state index contributed by atoms with van der Waals surface area (Å²) >= 11 is 12.2.